The molecule has 3 aliphatic rings. The van der Waals surface area contributed by atoms with Gasteiger partial charge in [-0.2, -0.15) is 0 Å². The number of carbonyl (C=O) groups excluding carboxylic acids is 1. The number of hydrogen-bond donors (Lipinski definition) is 1. The zero-order valence-electron chi connectivity index (χ0n) is 10.4. The summed E-state index contributed by atoms with van der Waals surface area (Å²) in [4.78, 5) is 14.4. The first-order chi connectivity index (χ1) is 8.29. The second-order valence-electron chi connectivity index (χ2n) is 5.20. The molecule has 0 aromatic rings. The number of methoxy groups -OCH3 is 1. The summed E-state index contributed by atoms with van der Waals surface area (Å²) in [6, 6.07) is 0. The van der Waals surface area contributed by atoms with Gasteiger partial charge in [0.05, 0.1) is 12.0 Å². The number of allylic oxidation sites excluding steroid dienone is 1. The van der Waals surface area contributed by atoms with Gasteiger partial charge < -0.3 is 15.0 Å². The molecule has 2 aliphatic heterocycles. The van der Waals surface area contributed by atoms with Crippen LogP contribution >= 0.6 is 0 Å². The Morgan fingerprint density at radius 3 is 2.65 bits per heavy atom. The van der Waals surface area contributed by atoms with Crippen LogP contribution in [0.25, 0.3) is 0 Å². The van der Waals surface area contributed by atoms with Gasteiger partial charge in [-0.05, 0) is 31.3 Å². The minimum absolute atomic E-state index is 0.137. The molecule has 0 aromatic heterocycles. The van der Waals surface area contributed by atoms with Gasteiger partial charge in [0, 0.05) is 32.4 Å². The number of carbonyl (C=O) groups is 1. The standard InChI is InChI=1S/C13H20N2O2/c1-17-9-4-6-15(7-5-9)13(16)11-8-14-12-3-2-10(11)12/h9,11,14H,2-8H2,1H3. The zero-order chi connectivity index (χ0) is 11.8. The van der Waals surface area contributed by atoms with Crippen molar-refractivity contribution in [1.29, 1.82) is 0 Å². The SMILES string of the molecule is COC1CCN(C(=O)C2CNC3=C2CC3)CC1. The van der Waals surface area contributed by atoms with Crippen LogP contribution in [0.3, 0.4) is 0 Å². The molecule has 0 radical (unpaired) electrons. The van der Waals surface area contributed by atoms with E-state index in [2.05, 4.69) is 5.32 Å². The summed E-state index contributed by atoms with van der Waals surface area (Å²) in [7, 11) is 1.76. The molecule has 4 heteroatoms. The van der Waals surface area contributed by atoms with E-state index in [0.29, 0.717) is 12.0 Å². The van der Waals surface area contributed by atoms with Crippen LogP contribution in [0.4, 0.5) is 0 Å². The number of likely N-dealkylation sites (tertiary alicyclic amines) is 1. The first kappa shape index (κ1) is 11.1. The molecule has 17 heavy (non-hydrogen) atoms. The number of hydrogen-bond acceptors (Lipinski definition) is 3. The Morgan fingerprint density at radius 1 is 1.35 bits per heavy atom. The van der Waals surface area contributed by atoms with Crippen LogP contribution in [-0.2, 0) is 9.53 Å². The minimum atomic E-state index is 0.137. The van der Waals surface area contributed by atoms with Crippen molar-refractivity contribution in [3.63, 3.8) is 0 Å². The van der Waals surface area contributed by atoms with Crippen molar-refractivity contribution in [2.24, 2.45) is 5.92 Å². The lowest BCUT2D eigenvalue weighted by molar-refractivity contribution is -0.136. The van der Waals surface area contributed by atoms with Gasteiger partial charge in [-0.1, -0.05) is 0 Å². The third kappa shape index (κ3) is 1.84. The van der Waals surface area contributed by atoms with Gasteiger partial charge in [0.15, 0.2) is 0 Å². The van der Waals surface area contributed by atoms with Gasteiger partial charge in [0.25, 0.3) is 0 Å². The Bertz CT molecular complexity index is 356. The lowest BCUT2D eigenvalue weighted by Gasteiger charge is -2.33. The molecule has 2 heterocycles. The van der Waals surface area contributed by atoms with E-state index in [4.69, 9.17) is 4.74 Å². The predicted molar refractivity (Wildman–Crippen MR) is 64.4 cm³/mol. The molecule has 0 bridgehead atoms. The molecule has 1 unspecified atom stereocenters. The van der Waals surface area contributed by atoms with Gasteiger partial charge in [0.2, 0.25) is 5.91 Å². The number of nitrogens with one attached hydrogen (secondary N) is 1. The van der Waals surface area contributed by atoms with E-state index in [1.165, 1.54) is 11.3 Å². The average Bonchev–Trinajstić information content (AvgIpc) is 2.63. The molecule has 4 nitrogen and oxygen atoms in total. The van der Waals surface area contributed by atoms with Crippen LogP contribution in [0.2, 0.25) is 0 Å². The highest BCUT2D eigenvalue weighted by Gasteiger charge is 2.38. The Hall–Kier alpha value is -1.03. The summed E-state index contributed by atoms with van der Waals surface area (Å²) >= 11 is 0. The van der Waals surface area contributed by atoms with Crippen molar-refractivity contribution in [3.8, 4) is 0 Å². The summed E-state index contributed by atoms with van der Waals surface area (Å²) in [5.74, 6) is 0.467. The predicted octanol–water partition coefficient (Wildman–Crippen LogP) is 0.891. The van der Waals surface area contributed by atoms with Crippen LogP contribution in [0.15, 0.2) is 11.3 Å². The van der Waals surface area contributed by atoms with Gasteiger partial charge in [-0.25, -0.2) is 0 Å². The van der Waals surface area contributed by atoms with Crippen LogP contribution < -0.4 is 5.32 Å². The molecule has 0 saturated carbocycles. The smallest absolute Gasteiger partial charge is 0.231 e. The largest absolute Gasteiger partial charge is 0.387 e. The van der Waals surface area contributed by atoms with E-state index in [9.17, 15) is 4.79 Å². The van der Waals surface area contributed by atoms with Crippen LogP contribution in [0.5, 0.6) is 0 Å². The number of rotatable bonds is 2. The van der Waals surface area contributed by atoms with E-state index in [1.54, 1.807) is 7.11 Å². The first-order valence-electron chi connectivity index (χ1n) is 6.57. The second-order valence-corrected chi connectivity index (χ2v) is 5.20. The molecule has 1 N–H and O–H groups in total. The molecule has 0 spiro atoms. The van der Waals surface area contributed by atoms with Gasteiger partial charge in [-0.15, -0.1) is 0 Å². The van der Waals surface area contributed by atoms with Gasteiger partial charge in [-0.3, -0.25) is 4.79 Å². The Kier molecular flexibility index (Phi) is 2.82. The van der Waals surface area contributed by atoms with Crippen molar-refractivity contribution in [2.75, 3.05) is 26.7 Å². The molecule has 1 fully saturated rings. The molecular weight excluding hydrogens is 216 g/mol. The number of nitrogens with zero attached hydrogens (tertiary/aromatic N) is 1. The quantitative estimate of drug-likeness (QED) is 0.774. The van der Waals surface area contributed by atoms with Crippen molar-refractivity contribution in [2.45, 2.75) is 31.8 Å². The van der Waals surface area contributed by atoms with Crippen LogP contribution in [0.1, 0.15) is 25.7 Å². The molecule has 1 saturated heterocycles. The average molecular weight is 236 g/mol. The van der Waals surface area contributed by atoms with Crippen molar-refractivity contribution >= 4 is 5.91 Å². The summed E-state index contributed by atoms with van der Waals surface area (Å²) in [6.45, 7) is 2.54. The highest BCUT2D eigenvalue weighted by atomic mass is 16.5. The fourth-order valence-electron chi connectivity index (χ4n) is 3.10. The number of piperidine rings is 1. The molecule has 1 aliphatic carbocycles. The monoisotopic (exact) mass is 236 g/mol. The van der Waals surface area contributed by atoms with Gasteiger partial charge >= 0.3 is 0 Å². The maximum Gasteiger partial charge on any atom is 0.231 e. The summed E-state index contributed by atoms with van der Waals surface area (Å²) in [5.41, 5.74) is 2.72. The lowest BCUT2D eigenvalue weighted by Crippen LogP contribution is -2.44. The van der Waals surface area contributed by atoms with E-state index >= 15 is 0 Å². The van der Waals surface area contributed by atoms with Crippen molar-refractivity contribution in [3.05, 3.63) is 11.3 Å². The van der Waals surface area contributed by atoms with Crippen LogP contribution in [-0.4, -0.2) is 43.7 Å². The molecule has 3 rings (SSSR count). The lowest BCUT2D eigenvalue weighted by atomic mass is 9.86. The maximum atomic E-state index is 12.4. The molecule has 1 atom stereocenters. The normalized spacial score (nSPS) is 28.8. The van der Waals surface area contributed by atoms with Gasteiger partial charge in [0.1, 0.15) is 0 Å². The number of ether oxygens (including phenoxy) is 1. The maximum absolute atomic E-state index is 12.4. The highest BCUT2D eigenvalue weighted by Crippen LogP contribution is 2.37. The summed E-state index contributed by atoms with van der Waals surface area (Å²) in [6.07, 6.45) is 4.57. The fraction of sp³-hybridized carbons (Fsp3) is 0.769. The molecular formula is C13H20N2O2. The topological polar surface area (TPSA) is 41.6 Å². The Balaban J connectivity index is 1.60. The Morgan fingerprint density at radius 2 is 2.12 bits per heavy atom. The highest BCUT2D eigenvalue weighted by molar-refractivity contribution is 5.83. The number of amides is 1. The second kappa shape index (κ2) is 4.33. The summed E-state index contributed by atoms with van der Waals surface area (Å²) in [5, 5.41) is 3.35. The minimum Gasteiger partial charge on any atom is -0.387 e. The zero-order valence-corrected chi connectivity index (χ0v) is 10.4. The molecule has 94 valence electrons. The van der Waals surface area contributed by atoms with E-state index in [-0.39, 0.29) is 5.92 Å². The first-order valence-corrected chi connectivity index (χ1v) is 6.57. The molecule has 0 aromatic carbocycles. The Labute approximate surface area is 102 Å². The third-order valence-corrected chi connectivity index (χ3v) is 4.36. The van der Waals surface area contributed by atoms with Crippen molar-refractivity contribution in [1.82, 2.24) is 10.2 Å². The van der Waals surface area contributed by atoms with Crippen LogP contribution in [0, 0.1) is 5.92 Å². The van der Waals surface area contributed by atoms with E-state index in [1.807, 2.05) is 4.90 Å². The van der Waals surface area contributed by atoms with E-state index in [0.717, 1.165) is 45.3 Å². The van der Waals surface area contributed by atoms with E-state index < -0.39 is 0 Å². The van der Waals surface area contributed by atoms with Crippen molar-refractivity contribution < 1.29 is 9.53 Å². The molecule has 1 amide bonds. The summed E-state index contributed by atoms with van der Waals surface area (Å²) < 4.78 is 5.33. The third-order valence-electron chi connectivity index (χ3n) is 4.36. The fourth-order valence-corrected chi connectivity index (χ4v) is 3.10.